The highest BCUT2D eigenvalue weighted by molar-refractivity contribution is 7.98. The Morgan fingerprint density at radius 2 is 1.88 bits per heavy atom. The fourth-order valence-corrected chi connectivity index (χ4v) is 6.31. The number of hydrogen-bond donors (Lipinski definition) is 0. The second-order valence-corrected chi connectivity index (χ2v) is 10.3. The first kappa shape index (κ1) is 21.3. The van der Waals surface area contributed by atoms with Crippen molar-refractivity contribution in [2.75, 3.05) is 26.3 Å². The molecule has 0 radical (unpaired) electrons. The molecule has 0 saturated carbocycles. The summed E-state index contributed by atoms with van der Waals surface area (Å²) in [7, 11) is -3.56. The molecular weight excluding hydrogens is 446 g/mol. The normalized spacial score (nSPS) is 15.5. The van der Waals surface area contributed by atoms with Gasteiger partial charge in [0.25, 0.3) is 0 Å². The van der Waals surface area contributed by atoms with Crippen LogP contribution in [0.1, 0.15) is 12.7 Å². The average molecular weight is 470 g/mol. The lowest BCUT2D eigenvalue weighted by Gasteiger charge is -2.26. The molecule has 0 aliphatic carbocycles. The van der Waals surface area contributed by atoms with Crippen LogP contribution in [0.5, 0.6) is 0 Å². The molecule has 0 amide bonds. The van der Waals surface area contributed by atoms with Gasteiger partial charge in [0.1, 0.15) is 17.2 Å². The Morgan fingerprint density at radius 3 is 2.69 bits per heavy atom. The summed E-state index contributed by atoms with van der Waals surface area (Å²) < 4.78 is 35.0. The number of benzene rings is 2. The first-order valence-electron chi connectivity index (χ1n) is 10.5. The van der Waals surface area contributed by atoms with Crippen molar-refractivity contribution in [1.82, 2.24) is 23.8 Å². The lowest BCUT2D eigenvalue weighted by Crippen LogP contribution is -2.40. The van der Waals surface area contributed by atoms with Crippen molar-refractivity contribution < 1.29 is 13.2 Å². The zero-order valence-electron chi connectivity index (χ0n) is 17.6. The molecule has 1 aliphatic rings. The summed E-state index contributed by atoms with van der Waals surface area (Å²) in [6, 6.07) is 13.1. The molecule has 32 heavy (non-hydrogen) atoms. The molecule has 4 aromatic rings. The Labute approximate surface area is 190 Å². The maximum absolute atomic E-state index is 13.0. The van der Waals surface area contributed by atoms with Gasteiger partial charge in [-0.25, -0.2) is 23.4 Å². The minimum Gasteiger partial charge on any atom is -0.379 e. The van der Waals surface area contributed by atoms with Crippen molar-refractivity contribution in [3.05, 3.63) is 54.6 Å². The molecular formula is C22H23N5O3S2. The van der Waals surface area contributed by atoms with Gasteiger partial charge in [-0.15, -0.1) is 0 Å². The van der Waals surface area contributed by atoms with Crippen LogP contribution in [-0.4, -0.2) is 58.5 Å². The molecule has 0 bridgehead atoms. The molecule has 3 heterocycles. The Morgan fingerprint density at radius 1 is 1.06 bits per heavy atom. The Hall–Kier alpha value is -2.53. The van der Waals surface area contributed by atoms with Crippen LogP contribution in [0.4, 0.5) is 0 Å². The zero-order chi connectivity index (χ0) is 22.1. The first-order chi connectivity index (χ1) is 15.6. The number of morpholine rings is 1. The van der Waals surface area contributed by atoms with Crippen molar-refractivity contribution in [2.45, 2.75) is 29.1 Å². The molecule has 0 unspecified atom stereocenters. The van der Waals surface area contributed by atoms with Crippen molar-refractivity contribution in [3.8, 4) is 0 Å². The number of fused-ring (bicyclic) bond motifs is 2. The molecule has 166 valence electrons. The number of hydrogen-bond acceptors (Lipinski definition) is 7. The zero-order valence-corrected chi connectivity index (χ0v) is 19.3. The fourth-order valence-electron chi connectivity index (χ4n) is 3.95. The van der Waals surface area contributed by atoms with Gasteiger partial charge in [0.2, 0.25) is 10.0 Å². The molecule has 1 saturated heterocycles. The molecule has 0 N–H and O–H groups in total. The third-order valence-electron chi connectivity index (χ3n) is 5.57. The van der Waals surface area contributed by atoms with E-state index in [0.29, 0.717) is 37.6 Å². The predicted molar refractivity (Wildman–Crippen MR) is 124 cm³/mol. The third-order valence-corrected chi connectivity index (χ3v) is 8.46. The standard InChI is InChI=1S/C22H23N5O3S2/c1-2-27-20-8-7-16(32(28,29)26-9-11-30-12-10-26)13-19(20)25-21(27)14-31-22-17-5-3-4-6-18(17)23-15-24-22/h3-8,13,15H,2,9-12,14H2,1H3. The molecule has 5 rings (SSSR count). The van der Waals surface area contributed by atoms with E-state index in [4.69, 9.17) is 9.72 Å². The van der Waals surface area contributed by atoms with E-state index in [-0.39, 0.29) is 4.90 Å². The maximum atomic E-state index is 13.0. The number of para-hydroxylation sites is 1. The summed E-state index contributed by atoms with van der Waals surface area (Å²) in [5.74, 6) is 1.51. The molecule has 8 nitrogen and oxygen atoms in total. The number of aryl methyl sites for hydroxylation is 1. The number of rotatable bonds is 6. The van der Waals surface area contributed by atoms with E-state index in [9.17, 15) is 8.42 Å². The lowest BCUT2D eigenvalue weighted by atomic mass is 10.2. The number of thioether (sulfide) groups is 1. The van der Waals surface area contributed by atoms with Crippen molar-refractivity contribution in [2.24, 2.45) is 0 Å². The van der Waals surface area contributed by atoms with E-state index in [0.717, 1.165) is 33.8 Å². The number of nitrogens with zero attached hydrogens (tertiary/aromatic N) is 5. The minimum absolute atomic E-state index is 0.272. The Bertz CT molecular complexity index is 1380. The monoisotopic (exact) mass is 469 g/mol. The van der Waals surface area contributed by atoms with Crippen LogP contribution in [0.15, 0.2) is 58.7 Å². The van der Waals surface area contributed by atoms with Gasteiger partial charge >= 0.3 is 0 Å². The quantitative estimate of drug-likeness (QED) is 0.316. The average Bonchev–Trinajstić information content (AvgIpc) is 3.20. The SMILES string of the molecule is CCn1c(CSc2ncnc3ccccc23)nc2cc(S(=O)(=O)N3CCOCC3)ccc21. The minimum atomic E-state index is -3.56. The van der Waals surface area contributed by atoms with Crippen LogP contribution >= 0.6 is 11.8 Å². The van der Waals surface area contributed by atoms with Gasteiger partial charge in [-0.05, 0) is 31.2 Å². The Kier molecular flexibility index (Phi) is 5.85. The van der Waals surface area contributed by atoms with Crippen LogP contribution in [0.3, 0.4) is 0 Å². The molecule has 2 aromatic carbocycles. The van der Waals surface area contributed by atoms with Crippen molar-refractivity contribution in [3.63, 3.8) is 0 Å². The summed E-state index contributed by atoms with van der Waals surface area (Å²) in [6.45, 7) is 4.40. The second kappa shape index (κ2) is 8.78. The highest BCUT2D eigenvalue weighted by Gasteiger charge is 2.27. The summed E-state index contributed by atoms with van der Waals surface area (Å²) in [5.41, 5.74) is 2.52. The smallest absolute Gasteiger partial charge is 0.243 e. The maximum Gasteiger partial charge on any atom is 0.243 e. The topological polar surface area (TPSA) is 90.2 Å². The summed E-state index contributed by atoms with van der Waals surface area (Å²) in [5, 5.41) is 1.92. The number of ether oxygens (including phenoxy) is 1. The highest BCUT2D eigenvalue weighted by atomic mass is 32.2. The molecule has 10 heteroatoms. The lowest BCUT2D eigenvalue weighted by molar-refractivity contribution is 0.0730. The number of aromatic nitrogens is 4. The van der Waals surface area contributed by atoms with E-state index >= 15 is 0 Å². The molecule has 1 aliphatic heterocycles. The molecule has 0 spiro atoms. The van der Waals surface area contributed by atoms with E-state index in [1.807, 2.05) is 30.3 Å². The van der Waals surface area contributed by atoms with Gasteiger partial charge in [0.15, 0.2) is 0 Å². The first-order valence-corrected chi connectivity index (χ1v) is 12.9. The van der Waals surface area contributed by atoms with E-state index in [1.165, 1.54) is 4.31 Å². The predicted octanol–water partition coefficient (Wildman–Crippen LogP) is 3.31. The Balaban J connectivity index is 1.46. The molecule has 1 fully saturated rings. The van der Waals surface area contributed by atoms with E-state index < -0.39 is 10.0 Å². The van der Waals surface area contributed by atoms with Gasteiger partial charge in [-0.2, -0.15) is 4.31 Å². The van der Waals surface area contributed by atoms with Crippen molar-refractivity contribution >= 4 is 43.7 Å². The van der Waals surface area contributed by atoms with Gasteiger partial charge in [-0.1, -0.05) is 30.0 Å². The molecule has 0 atom stereocenters. The van der Waals surface area contributed by atoms with Crippen LogP contribution in [0, 0.1) is 0 Å². The number of imidazole rings is 1. The van der Waals surface area contributed by atoms with Crippen LogP contribution in [0.2, 0.25) is 0 Å². The number of sulfonamides is 1. The van der Waals surface area contributed by atoms with Gasteiger partial charge in [0, 0.05) is 25.0 Å². The fraction of sp³-hybridized carbons (Fsp3) is 0.318. The van der Waals surface area contributed by atoms with Gasteiger partial charge in [-0.3, -0.25) is 0 Å². The molecule has 2 aromatic heterocycles. The van der Waals surface area contributed by atoms with E-state index in [2.05, 4.69) is 21.5 Å². The van der Waals surface area contributed by atoms with Crippen LogP contribution in [0.25, 0.3) is 21.9 Å². The van der Waals surface area contributed by atoms with Crippen molar-refractivity contribution in [1.29, 1.82) is 0 Å². The van der Waals surface area contributed by atoms with Gasteiger partial charge in [0.05, 0.1) is 40.4 Å². The third kappa shape index (κ3) is 3.88. The summed E-state index contributed by atoms with van der Waals surface area (Å²) >= 11 is 1.61. The largest absolute Gasteiger partial charge is 0.379 e. The van der Waals surface area contributed by atoms with Gasteiger partial charge < -0.3 is 9.30 Å². The van der Waals surface area contributed by atoms with Crippen LogP contribution in [-0.2, 0) is 27.1 Å². The highest BCUT2D eigenvalue weighted by Crippen LogP contribution is 2.29. The second-order valence-electron chi connectivity index (χ2n) is 7.42. The summed E-state index contributed by atoms with van der Waals surface area (Å²) in [6.07, 6.45) is 1.58. The summed E-state index contributed by atoms with van der Waals surface area (Å²) in [4.78, 5) is 13.8. The van der Waals surface area contributed by atoms with Crippen LogP contribution < -0.4 is 0 Å². The van der Waals surface area contributed by atoms with E-state index in [1.54, 1.807) is 30.2 Å².